The Kier molecular flexibility index (Phi) is 7.60. The molecule has 27 heavy (non-hydrogen) atoms. The normalized spacial score (nSPS) is 20.6. The molecule has 0 spiro atoms. The van der Waals surface area contributed by atoms with Crippen molar-refractivity contribution in [2.75, 3.05) is 57.3 Å². The molecule has 152 valence electrons. The van der Waals surface area contributed by atoms with E-state index in [2.05, 4.69) is 60.6 Å². The van der Waals surface area contributed by atoms with Gasteiger partial charge >= 0.3 is 0 Å². The van der Waals surface area contributed by atoms with E-state index in [1.807, 2.05) is 0 Å². The maximum absolute atomic E-state index is 2.70. The lowest BCUT2D eigenvalue weighted by atomic mass is 9.93. The van der Waals surface area contributed by atoms with E-state index in [1.54, 1.807) is 0 Å². The molecule has 0 bridgehead atoms. The van der Waals surface area contributed by atoms with Gasteiger partial charge in [-0.1, -0.05) is 26.0 Å². The van der Waals surface area contributed by atoms with Crippen molar-refractivity contribution in [2.45, 2.75) is 53.4 Å². The van der Waals surface area contributed by atoms with E-state index in [1.165, 1.54) is 94.9 Å². The minimum absolute atomic E-state index is 0.838. The van der Waals surface area contributed by atoms with E-state index in [9.17, 15) is 0 Å². The molecular formula is C24H41N3. The van der Waals surface area contributed by atoms with Crippen LogP contribution < -0.4 is 4.90 Å². The number of anilines is 1. The first-order chi connectivity index (χ1) is 13.0. The van der Waals surface area contributed by atoms with Gasteiger partial charge in [0.2, 0.25) is 0 Å². The van der Waals surface area contributed by atoms with Crippen molar-refractivity contribution in [3.8, 4) is 0 Å². The smallest absolute Gasteiger partial charge is 0.0399 e. The fourth-order valence-electron chi connectivity index (χ4n) is 4.60. The number of hydrogen-bond acceptors (Lipinski definition) is 3. The molecule has 0 aromatic heterocycles. The van der Waals surface area contributed by atoms with Gasteiger partial charge in [0, 0.05) is 31.9 Å². The Hall–Kier alpha value is -1.06. The standard InChI is InChI=1S/C24H41N3/c1-20(2)8-12-25-13-9-23(10-14-25)11-15-26-16-18-27(19-17-26)24-7-5-6-21(3)22(24)4/h5-7,20,23H,8-19H2,1-4H3. The lowest BCUT2D eigenvalue weighted by molar-refractivity contribution is 0.156. The molecule has 0 saturated carbocycles. The van der Waals surface area contributed by atoms with Crippen LogP contribution >= 0.6 is 0 Å². The second-order valence-electron chi connectivity index (χ2n) is 9.30. The first-order valence-electron chi connectivity index (χ1n) is 11.3. The third kappa shape index (κ3) is 5.96. The zero-order valence-electron chi connectivity index (χ0n) is 18.2. The van der Waals surface area contributed by atoms with Crippen LogP contribution in [0.3, 0.4) is 0 Å². The van der Waals surface area contributed by atoms with Gasteiger partial charge < -0.3 is 9.80 Å². The molecule has 1 aromatic rings. The van der Waals surface area contributed by atoms with Gasteiger partial charge in [-0.25, -0.2) is 0 Å². The molecule has 0 atom stereocenters. The molecule has 2 aliphatic rings. The van der Waals surface area contributed by atoms with Gasteiger partial charge in [0.05, 0.1) is 0 Å². The van der Waals surface area contributed by atoms with Crippen LogP contribution in [0.5, 0.6) is 0 Å². The summed E-state index contributed by atoms with van der Waals surface area (Å²) in [6, 6.07) is 6.73. The maximum Gasteiger partial charge on any atom is 0.0399 e. The monoisotopic (exact) mass is 371 g/mol. The van der Waals surface area contributed by atoms with Gasteiger partial charge in [-0.2, -0.15) is 0 Å². The molecule has 0 N–H and O–H groups in total. The van der Waals surface area contributed by atoms with Crippen LogP contribution in [0.1, 0.15) is 50.7 Å². The summed E-state index contributed by atoms with van der Waals surface area (Å²) in [6.45, 7) is 19.3. The number of rotatable bonds is 7. The van der Waals surface area contributed by atoms with Crippen molar-refractivity contribution < 1.29 is 0 Å². The predicted octanol–water partition coefficient (Wildman–Crippen LogP) is 4.57. The quantitative estimate of drug-likeness (QED) is 0.695. The van der Waals surface area contributed by atoms with Crippen molar-refractivity contribution in [1.29, 1.82) is 0 Å². The highest BCUT2D eigenvalue weighted by Gasteiger charge is 2.22. The third-order valence-electron chi connectivity index (χ3n) is 6.87. The molecule has 0 radical (unpaired) electrons. The van der Waals surface area contributed by atoms with Crippen LogP contribution in [0.2, 0.25) is 0 Å². The minimum Gasteiger partial charge on any atom is -0.369 e. The van der Waals surface area contributed by atoms with Crippen LogP contribution in [-0.2, 0) is 0 Å². The van der Waals surface area contributed by atoms with Gasteiger partial charge in [0.1, 0.15) is 0 Å². The van der Waals surface area contributed by atoms with Crippen LogP contribution in [-0.4, -0.2) is 62.2 Å². The molecule has 0 unspecified atom stereocenters. The third-order valence-corrected chi connectivity index (χ3v) is 6.87. The molecule has 3 heteroatoms. The predicted molar refractivity (Wildman–Crippen MR) is 118 cm³/mol. The molecular weight excluding hydrogens is 330 g/mol. The zero-order valence-corrected chi connectivity index (χ0v) is 18.2. The van der Waals surface area contributed by atoms with E-state index in [-0.39, 0.29) is 0 Å². The summed E-state index contributed by atoms with van der Waals surface area (Å²) in [5.41, 5.74) is 4.31. The average molecular weight is 372 g/mol. The van der Waals surface area contributed by atoms with Crippen molar-refractivity contribution in [3.05, 3.63) is 29.3 Å². The number of nitrogens with zero attached hydrogens (tertiary/aromatic N) is 3. The van der Waals surface area contributed by atoms with E-state index < -0.39 is 0 Å². The molecule has 3 nitrogen and oxygen atoms in total. The van der Waals surface area contributed by atoms with Gasteiger partial charge in [0.25, 0.3) is 0 Å². The number of likely N-dealkylation sites (tertiary alicyclic amines) is 1. The van der Waals surface area contributed by atoms with Crippen LogP contribution in [0.15, 0.2) is 18.2 Å². The molecule has 2 fully saturated rings. The molecule has 0 aliphatic carbocycles. The highest BCUT2D eigenvalue weighted by atomic mass is 15.3. The Morgan fingerprint density at radius 1 is 0.889 bits per heavy atom. The summed E-state index contributed by atoms with van der Waals surface area (Å²) in [4.78, 5) is 7.98. The summed E-state index contributed by atoms with van der Waals surface area (Å²) in [5, 5.41) is 0. The van der Waals surface area contributed by atoms with Crippen LogP contribution in [0.4, 0.5) is 5.69 Å². The van der Waals surface area contributed by atoms with E-state index >= 15 is 0 Å². The SMILES string of the molecule is Cc1cccc(N2CCN(CCC3CCN(CCC(C)C)CC3)CC2)c1C. The molecule has 2 heterocycles. The Bertz CT molecular complexity index is 567. The van der Waals surface area contributed by atoms with E-state index in [0.717, 1.165) is 11.8 Å². The fourth-order valence-corrected chi connectivity index (χ4v) is 4.60. The van der Waals surface area contributed by atoms with Gasteiger partial charge in [-0.05, 0) is 94.7 Å². The highest BCUT2D eigenvalue weighted by Crippen LogP contribution is 2.25. The number of piperidine rings is 1. The van der Waals surface area contributed by atoms with Crippen molar-refractivity contribution in [1.82, 2.24) is 9.80 Å². The fraction of sp³-hybridized carbons (Fsp3) is 0.750. The topological polar surface area (TPSA) is 9.72 Å². The maximum atomic E-state index is 2.70. The summed E-state index contributed by atoms with van der Waals surface area (Å²) >= 11 is 0. The van der Waals surface area contributed by atoms with Crippen LogP contribution in [0.25, 0.3) is 0 Å². The molecule has 2 saturated heterocycles. The van der Waals surface area contributed by atoms with E-state index in [4.69, 9.17) is 0 Å². The average Bonchev–Trinajstić information content (AvgIpc) is 2.68. The summed E-state index contributed by atoms with van der Waals surface area (Å²) < 4.78 is 0. The molecule has 1 aromatic carbocycles. The van der Waals surface area contributed by atoms with Crippen molar-refractivity contribution >= 4 is 5.69 Å². The lowest BCUT2D eigenvalue weighted by Crippen LogP contribution is -2.47. The highest BCUT2D eigenvalue weighted by molar-refractivity contribution is 5.56. The lowest BCUT2D eigenvalue weighted by Gasteiger charge is -2.38. The van der Waals surface area contributed by atoms with Crippen molar-refractivity contribution in [3.63, 3.8) is 0 Å². The van der Waals surface area contributed by atoms with Gasteiger partial charge in [0.15, 0.2) is 0 Å². The Balaban J connectivity index is 1.35. The summed E-state index contributed by atoms with van der Waals surface area (Å²) in [6.07, 6.45) is 5.60. The van der Waals surface area contributed by atoms with Crippen molar-refractivity contribution in [2.24, 2.45) is 11.8 Å². The largest absolute Gasteiger partial charge is 0.369 e. The minimum atomic E-state index is 0.838. The van der Waals surface area contributed by atoms with Gasteiger partial charge in [-0.3, -0.25) is 4.90 Å². The Morgan fingerprint density at radius 3 is 2.22 bits per heavy atom. The van der Waals surface area contributed by atoms with Crippen LogP contribution in [0, 0.1) is 25.7 Å². The van der Waals surface area contributed by atoms with Gasteiger partial charge in [-0.15, -0.1) is 0 Å². The molecule has 2 aliphatic heterocycles. The summed E-state index contributed by atoms with van der Waals surface area (Å²) in [5.74, 6) is 1.79. The molecule has 3 rings (SSSR count). The number of hydrogen-bond donors (Lipinski definition) is 0. The molecule has 0 amide bonds. The summed E-state index contributed by atoms with van der Waals surface area (Å²) in [7, 11) is 0. The Labute approximate surface area is 167 Å². The second-order valence-corrected chi connectivity index (χ2v) is 9.30. The van der Waals surface area contributed by atoms with E-state index in [0.29, 0.717) is 0 Å². The first kappa shape index (κ1) is 20.7. The number of benzene rings is 1. The first-order valence-corrected chi connectivity index (χ1v) is 11.3. The zero-order chi connectivity index (χ0) is 19.2. The second kappa shape index (κ2) is 9.93. The Morgan fingerprint density at radius 2 is 1.56 bits per heavy atom. The number of piperazine rings is 1. The number of aryl methyl sites for hydroxylation is 1.